The minimum absolute atomic E-state index is 0. The average Bonchev–Trinajstić information content (AvgIpc) is 2.54. The summed E-state index contributed by atoms with van der Waals surface area (Å²) in [6.45, 7) is 0. The Morgan fingerprint density at radius 1 is 1.17 bits per heavy atom. The smallest absolute Gasteiger partial charge is 0.249 e. The Bertz CT molecular complexity index is 743. The number of hydrogen-bond acceptors (Lipinski definition) is 2. The highest BCUT2D eigenvalue weighted by atomic mass is 16.1. The topological polar surface area (TPSA) is 56.0 Å². The number of primary amides is 1. The van der Waals surface area contributed by atoms with Crippen molar-refractivity contribution in [2.45, 2.75) is 51.4 Å². The molecule has 1 heterocycles. The Balaban J connectivity index is 0.00000169. The molecule has 1 aromatic heterocycles. The van der Waals surface area contributed by atoms with Crippen molar-refractivity contribution in [2.24, 2.45) is 17.1 Å². The van der Waals surface area contributed by atoms with E-state index in [1.54, 1.807) is 6.07 Å². The second kappa shape index (κ2) is 6.54. The van der Waals surface area contributed by atoms with E-state index in [-0.39, 0.29) is 13.3 Å². The number of fused-ring (bicyclic) bond motifs is 3. The number of pyridine rings is 1. The number of aromatic nitrogens is 1. The monoisotopic (exact) mass is 322 g/mol. The standard InChI is InChI=1S/C20H24N2O.CH2/c21-19(23)17-6-1-7-18-16(17)9-8-15(22-18)13-20-10-2-4-14(12-20)5-3-11-20;/h1,6-9,14H,2-5,10-13H2,(H2,21,23);1H2. The van der Waals surface area contributed by atoms with E-state index in [1.807, 2.05) is 18.2 Å². The van der Waals surface area contributed by atoms with Gasteiger partial charge in [-0.3, -0.25) is 9.78 Å². The van der Waals surface area contributed by atoms with Crippen LogP contribution in [0.25, 0.3) is 10.9 Å². The predicted octanol–water partition coefficient (Wildman–Crippen LogP) is 4.56. The fourth-order valence-electron chi connectivity index (χ4n) is 4.97. The quantitative estimate of drug-likeness (QED) is 0.900. The van der Waals surface area contributed by atoms with Crippen LogP contribution in [0.5, 0.6) is 0 Å². The zero-order chi connectivity index (χ0) is 15.9. The number of carbonyl (C=O) groups excluding carboxylic acids is 1. The van der Waals surface area contributed by atoms with E-state index in [2.05, 4.69) is 6.07 Å². The van der Waals surface area contributed by atoms with Crippen LogP contribution in [-0.2, 0) is 6.42 Å². The summed E-state index contributed by atoms with van der Waals surface area (Å²) < 4.78 is 0. The molecule has 1 aromatic carbocycles. The second-order valence-corrected chi connectivity index (χ2v) is 7.57. The molecule has 0 atom stereocenters. The predicted molar refractivity (Wildman–Crippen MR) is 97.6 cm³/mol. The van der Waals surface area contributed by atoms with E-state index < -0.39 is 0 Å². The first kappa shape index (κ1) is 16.9. The molecule has 126 valence electrons. The molecule has 2 saturated carbocycles. The summed E-state index contributed by atoms with van der Waals surface area (Å²) in [7, 11) is 0. The Kier molecular flexibility index (Phi) is 4.62. The fourth-order valence-corrected chi connectivity index (χ4v) is 4.97. The Morgan fingerprint density at radius 3 is 2.62 bits per heavy atom. The van der Waals surface area contributed by atoms with Gasteiger partial charge in [0.25, 0.3) is 0 Å². The summed E-state index contributed by atoms with van der Waals surface area (Å²) in [5.41, 5.74) is 8.56. The van der Waals surface area contributed by atoms with Crippen molar-refractivity contribution in [2.75, 3.05) is 0 Å². The molecule has 0 unspecified atom stereocenters. The van der Waals surface area contributed by atoms with Gasteiger partial charge in [0, 0.05) is 16.6 Å². The zero-order valence-electron chi connectivity index (χ0n) is 14.3. The first-order valence-corrected chi connectivity index (χ1v) is 8.84. The maximum Gasteiger partial charge on any atom is 0.249 e. The molecule has 3 heteroatoms. The van der Waals surface area contributed by atoms with Crippen LogP contribution in [0.4, 0.5) is 0 Å². The highest BCUT2D eigenvalue weighted by Gasteiger charge is 2.39. The van der Waals surface area contributed by atoms with Crippen LogP contribution in [0, 0.1) is 18.8 Å². The van der Waals surface area contributed by atoms with Crippen molar-refractivity contribution in [3.63, 3.8) is 0 Å². The van der Waals surface area contributed by atoms with E-state index in [1.165, 1.54) is 50.6 Å². The van der Waals surface area contributed by atoms with E-state index in [9.17, 15) is 4.79 Å². The lowest BCUT2D eigenvalue weighted by molar-refractivity contribution is 0.0766. The lowest BCUT2D eigenvalue weighted by atomic mass is 9.60. The van der Waals surface area contributed by atoms with Gasteiger partial charge in [-0.05, 0) is 55.2 Å². The summed E-state index contributed by atoms with van der Waals surface area (Å²) in [5.74, 6) is 0.561. The number of hydrogen-bond donors (Lipinski definition) is 1. The number of rotatable bonds is 3. The number of amides is 1. The molecule has 0 spiro atoms. The van der Waals surface area contributed by atoms with Crippen molar-refractivity contribution in [3.8, 4) is 0 Å². The number of nitrogens with two attached hydrogens (primary N) is 1. The van der Waals surface area contributed by atoms with Crippen LogP contribution in [-0.4, -0.2) is 10.9 Å². The van der Waals surface area contributed by atoms with E-state index in [0.29, 0.717) is 11.0 Å². The lowest BCUT2D eigenvalue weighted by Gasteiger charge is -2.45. The molecule has 2 aliphatic carbocycles. The van der Waals surface area contributed by atoms with Gasteiger partial charge in [-0.2, -0.15) is 0 Å². The van der Waals surface area contributed by atoms with Crippen LogP contribution >= 0.6 is 0 Å². The fraction of sp³-hybridized carbons (Fsp3) is 0.476. The van der Waals surface area contributed by atoms with Crippen LogP contribution in [0.1, 0.15) is 61.0 Å². The van der Waals surface area contributed by atoms with Crippen molar-refractivity contribution in [1.82, 2.24) is 4.98 Å². The summed E-state index contributed by atoms with van der Waals surface area (Å²) in [5, 5.41) is 0.867. The van der Waals surface area contributed by atoms with Crippen LogP contribution in [0.2, 0.25) is 0 Å². The van der Waals surface area contributed by atoms with E-state index in [4.69, 9.17) is 10.7 Å². The van der Waals surface area contributed by atoms with Crippen LogP contribution < -0.4 is 5.73 Å². The molecule has 24 heavy (non-hydrogen) atoms. The van der Waals surface area contributed by atoms with Gasteiger partial charge in [0.1, 0.15) is 0 Å². The molecule has 2 aromatic rings. The van der Waals surface area contributed by atoms with Crippen molar-refractivity contribution in [3.05, 3.63) is 49.0 Å². The van der Waals surface area contributed by atoms with Gasteiger partial charge >= 0.3 is 0 Å². The molecule has 2 bridgehead atoms. The minimum atomic E-state index is -0.383. The molecular weight excluding hydrogens is 296 g/mol. The second-order valence-electron chi connectivity index (χ2n) is 7.57. The summed E-state index contributed by atoms with van der Waals surface area (Å²) in [4.78, 5) is 16.4. The molecule has 3 nitrogen and oxygen atoms in total. The van der Waals surface area contributed by atoms with Crippen LogP contribution in [0.3, 0.4) is 0 Å². The highest BCUT2D eigenvalue weighted by Crippen LogP contribution is 2.50. The Hall–Kier alpha value is -1.90. The Morgan fingerprint density at radius 2 is 1.92 bits per heavy atom. The number of nitrogens with zero attached hydrogens (tertiary/aromatic N) is 1. The van der Waals surface area contributed by atoms with Gasteiger partial charge in [-0.1, -0.05) is 45.2 Å². The van der Waals surface area contributed by atoms with Gasteiger partial charge in [0.15, 0.2) is 0 Å². The largest absolute Gasteiger partial charge is 0.366 e. The van der Waals surface area contributed by atoms with Crippen LogP contribution in [0.15, 0.2) is 30.3 Å². The molecule has 4 rings (SSSR count). The number of benzene rings is 1. The average molecular weight is 322 g/mol. The summed E-state index contributed by atoms with van der Waals surface area (Å²) in [6, 6.07) is 9.75. The molecule has 2 fully saturated rings. The van der Waals surface area contributed by atoms with Gasteiger partial charge in [0.05, 0.1) is 5.52 Å². The zero-order valence-corrected chi connectivity index (χ0v) is 14.3. The summed E-state index contributed by atoms with van der Waals surface area (Å²) in [6.07, 6.45) is 10.8. The maximum atomic E-state index is 11.6. The maximum absolute atomic E-state index is 11.6. The van der Waals surface area contributed by atoms with Crippen molar-refractivity contribution in [1.29, 1.82) is 0 Å². The Labute approximate surface area is 144 Å². The van der Waals surface area contributed by atoms with Gasteiger partial charge < -0.3 is 5.73 Å². The first-order valence-electron chi connectivity index (χ1n) is 8.84. The normalized spacial score (nSPS) is 25.9. The van der Waals surface area contributed by atoms with Crippen molar-refractivity contribution >= 4 is 16.8 Å². The number of carbonyl (C=O) groups is 1. The third-order valence-corrected chi connectivity index (χ3v) is 5.97. The minimum Gasteiger partial charge on any atom is -0.366 e. The molecular formula is C21H26N2O. The van der Waals surface area contributed by atoms with Crippen molar-refractivity contribution < 1.29 is 4.79 Å². The van der Waals surface area contributed by atoms with E-state index in [0.717, 1.165) is 23.2 Å². The first-order chi connectivity index (χ1) is 11.2. The third-order valence-electron chi connectivity index (χ3n) is 5.97. The molecule has 0 saturated heterocycles. The molecule has 2 radical (unpaired) electrons. The molecule has 2 N–H and O–H groups in total. The third kappa shape index (κ3) is 3.04. The van der Waals surface area contributed by atoms with Gasteiger partial charge in [-0.25, -0.2) is 0 Å². The SMILES string of the molecule is NC(=O)c1cccc2nc(CC34CCCC(CCC3)C4)ccc12.[CH2]. The summed E-state index contributed by atoms with van der Waals surface area (Å²) >= 11 is 0. The van der Waals surface area contributed by atoms with E-state index >= 15 is 0 Å². The molecule has 1 amide bonds. The lowest BCUT2D eigenvalue weighted by Crippen LogP contribution is -2.34. The molecule has 2 aliphatic rings. The molecule has 0 aliphatic heterocycles. The van der Waals surface area contributed by atoms with Gasteiger partial charge in [-0.15, -0.1) is 0 Å². The van der Waals surface area contributed by atoms with Gasteiger partial charge in [0.2, 0.25) is 5.91 Å². The highest BCUT2D eigenvalue weighted by molar-refractivity contribution is 6.05.